The van der Waals surface area contributed by atoms with Crippen LogP contribution in [0.4, 0.5) is 0 Å². The second-order valence-electron chi connectivity index (χ2n) is 7.53. The average molecular weight is 525 g/mol. The first-order chi connectivity index (χ1) is 16.0. The maximum atomic E-state index is 12.3. The number of ether oxygens (including phenoxy) is 2. The molecule has 0 saturated heterocycles. The van der Waals surface area contributed by atoms with Gasteiger partial charge in [-0.1, -0.05) is 45.7 Å². The SMILES string of the molecule is CCOC(=O)c1cccc(-n2c(C)ccc2-c2cc(Br)ccc2OCc2cccc(Cl)c2)c1. The van der Waals surface area contributed by atoms with Gasteiger partial charge in [-0.05, 0) is 80.1 Å². The molecule has 0 amide bonds. The number of hydrogen-bond acceptors (Lipinski definition) is 3. The number of carbonyl (C=O) groups is 1. The summed E-state index contributed by atoms with van der Waals surface area (Å²) in [5.74, 6) is 0.415. The Hall–Kier alpha value is -3.02. The van der Waals surface area contributed by atoms with Crippen LogP contribution in [0.5, 0.6) is 5.75 Å². The lowest BCUT2D eigenvalue weighted by atomic mass is 10.1. The summed E-state index contributed by atoms with van der Waals surface area (Å²) < 4.78 is 14.4. The third kappa shape index (κ3) is 5.32. The van der Waals surface area contributed by atoms with Crippen molar-refractivity contribution in [1.82, 2.24) is 4.57 Å². The smallest absolute Gasteiger partial charge is 0.338 e. The molecule has 3 aromatic carbocycles. The standard InChI is InChI=1S/C27H23BrClNO3/c1-3-32-27(31)20-7-5-9-23(15-20)30-18(2)10-12-25(30)24-16-21(28)11-13-26(24)33-17-19-6-4-8-22(29)14-19/h4-16H,3,17H2,1-2H3. The van der Waals surface area contributed by atoms with Gasteiger partial charge in [-0.2, -0.15) is 0 Å². The van der Waals surface area contributed by atoms with Crippen molar-refractivity contribution in [3.05, 3.63) is 105 Å². The normalized spacial score (nSPS) is 10.8. The van der Waals surface area contributed by atoms with Gasteiger partial charge in [0.25, 0.3) is 0 Å². The number of carbonyl (C=O) groups excluding carboxylic acids is 1. The molecule has 1 aromatic heterocycles. The molecule has 0 saturated carbocycles. The molecule has 0 aliphatic heterocycles. The molecule has 0 atom stereocenters. The third-order valence-corrected chi connectivity index (χ3v) is 5.92. The molecule has 4 aromatic rings. The van der Waals surface area contributed by atoms with Gasteiger partial charge in [0.15, 0.2) is 0 Å². The van der Waals surface area contributed by atoms with Gasteiger partial charge in [0, 0.05) is 26.4 Å². The molecule has 0 spiro atoms. The van der Waals surface area contributed by atoms with Crippen molar-refractivity contribution in [2.75, 3.05) is 6.61 Å². The lowest BCUT2D eigenvalue weighted by Crippen LogP contribution is -2.07. The van der Waals surface area contributed by atoms with Gasteiger partial charge in [-0.15, -0.1) is 0 Å². The highest BCUT2D eigenvalue weighted by Crippen LogP contribution is 2.36. The van der Waals surface area contributed by atoms with Crippen molar-refractivity contribution in [2.45, 2.75) is 20.5 Å². The number of nitrogens with zero attached hydrogens (tertiary/aromatic N) is 1. The van der Waals surface area contributed by atoms with Crippen molar-refractivity contribution in [3.8, 4) is 22.7 Å². The van der Waals surface area contributed by atoms with Gasteiger partial charge in [0.05, 0.1) is 17.9 Å². The summed E-state index contributed by atoms with van der Waals surface area (Å²) in [6.45, 7) is 4.56. The number of aryl methyl sites for hydroxylation is 1. The number of halogens is 2. The second-order valence-corrected chi connectivity index (χ2v) is 8.88. The first kappa shape index (κ1) is 23.1. The minimum absolute atomic E-state index is 0.335. The molecule has 4 rings (SSSR count). The summed E-state index contributed by atoms with van der Waals surface area (Å²) in [7, 11) is 0. The summed E-state index contributed by atoms with van der Waals surface area (Å²) in [5, 5.41) is 0.679. The highest BCUT2D eigenvalue weighted by molar-refractivity contribution is 9.10. The molecule has 4 nitrogen and oxygen atoms in total. The van der Waals surface area contributed by atoms with Gasteiger partial charge < -0.3 is 14.0 Å². The molecule has 6 heteroatoms. The fourth-order valence-corrected chi connectivity index (χ4v) is 4.27. The van der Waals surface area contributed by atoms with Gasteiger partial charge in [0.1, 0.15) is 12.4 Å². The number of hydrogen-bond donors (Lipinski definition) is 0. The van der Waals surface area contributed by atoms with E-state index in [2.05, 4.69) is 26.6 Å². The molecule has 0 aliphatic carbocycles. The number of rotatable bonds is 7. The van der Waals surface area contributed by atoms with Crippen molar-refractivity contribution < 1.29 is 14.3 Å². The highest BCUT2D eigenvalue weighted by atomic mass is 79.9. The molecule has 0 N–H and O–H groups in total. The summed E-state index contributed by atoms with van der Waals surface area (Å²) >= 11 is 9.71. The maximum Gasteiger partial charge on any atom is 0.338 e. The Labute approximate surface area is 206 Å². The molecular weight excluding hydrogens is 502 g/mol. The Bertz CT molecular complexity index is 1300. The van der Waals surface area contributed by atoms with Gasteiger partial charge >= 0.3 is 5.97 Å². The molecule has 0 radical (unpaired) electrons. The summed E-state index contributed by atoms with van der Waals surface area (Å²) in [4.78, 5) is 12.3. The minimum Gasteiger partial charge on any atom is -0.488 e. The quantitative estimate of drug-likeness (QED) is 0.233. The Morgan fingerprint density at radius 3 is 2.61 bits per heavy atom. The number of aromatic nitrogens is 1. The molecular formula is C27H23BrClNO3. The van der Waals surface area contributed by atoms with E-state index in [-0.39, 0.29) is 5.97 Å². The lowest BCUT2D eigenvalue weighted by Gasteiger charge is -2.17. The van der Waals surface area contributed by atoms with Crippen LogP contribution >= 0.6 is 27.5 Å². The summed E-state index contributed by atoms with van der Waals surface area (Å²) in [6, 6.07) is 25.1. The summed E-state index contributed by atoms with van der Waals surface area (Å²) in [6.07, 6.45) is 0. The molecule has 0 unspecified atom stereocenters. The van der Waals surface area contributed by atoms with Crippen molar-refractivity contribution in [1.29, 1.82) is 0 Å². The third-order valence-electron chi connectivity index (χ3n) is 5.19. The van der Waals surface area contributed by atoms with Crippen LogP contribution in [0.15, 0.2) is 83.3 Å². The van der Waals surface area contributed by atoms with Crippen molar-refractivity contribution in [3.63, 3.8) is 0 Å². The van der Waals surface area contributed by atoms with Crippen molar-refractivity contribution in [2.24, 2.45) is 0 Å². The van der Waals surface area contributed by atoms with Crippen LogP contribution in [-0.4, -0.2) is 17.1 Å². The van der Waals surface area contributed by atoms with Crippen LogP contribution in [-0.2, 0) is 11.3 Å². The second kappa shape index (κ2) is 10.3. The van der Waals surface area contributed by atoms with Crippen LogP contribution in [0.1, 0.15) is 28.5 Å². The van der Waals surface area contributed by atoms with Gasteiger partial charge in [-0.3, -0.25) is 0 Å². The summed E-state index contributed by atoms with van der Waals surface area (Å²) in [5.41, 5.74) is 5.30. The fourth-order valence-electron chi connectivity index (χ4n) is 3.69. The average Bonchev–Trinajstić information content (AvgIpc) is 3.19. The van der Waals surface area contributed by atoms with Gasteiger partial charge in [-0.25, -0.2) is 4.79 Å². The molecule has 33 heavy (non-hydrogen) atoms. The maximum absolute atomic E-state index is 12.3. The predicted octanol–water partition coefficient (Wildman–Crippen LogP) is 7.62. The first-order valence-corrected chi connectivity index (χ1v) is 11.8. The van der Waals surface area contributed by atoms with Crippen LogP contribution in [0.25, 0.3) is 16.9 Å². The van der Waals surface area contributed by atoms with Crippen molar-refractivity contribution >= 4 is 33.5 Å². The predicted molar refractivity (Wildman–Crippen MR) is 135 cm³/mol. The molecule has 0 aliphatic rings. The van der Waals surface area contributed by atoms with E-state index < -0.39 is 0 Å². The number of benzene rings is 3. The Morgan fingerprint density at radius 2 is 1.82 bits per heavy atom. The van der Waals surface area contributed by atoms with Crippen LogP contribution in [0.2, 0.25) is 5.02 Å². The molecule has 168 valence electrons. The Kier molecular flexibility index (Phi) is 7.21. The molecule has 1 heterocycles. The van der Waals surface area contributed by atoms with E-state index >= 15 is 0 Å². The Morgan fingerprint density at radius 1 is 1.00 bits per heavy atom. The van der Waals surface area contributed by atoms with E-state index in [1.807, 2.05) is 73.7 Å². The minimum atomic E-state index is -0.335. The Balaban J connectivity index is 1.73. The largest absolute Gasteiger partial charge is 0.488 e. The van der Waals surface area contributed by atoms with Crippen LogP contribution in [0, 0.1) is 6.92 Å². The monoisotopic (exact) mass is 523 g/mol. The van der Waals surface area contributed by atoms with E-state index in [1.165, 1.54) is 0 Å². The molecule has 0 bridgehead atoms. The van der Waals surface area contributed by atoms with E-state index in [0.29, 0.717) is 23.8 Å². The lowest BCUT2D eigenvalue weighted by molar-refractivity contribution is 0.0526. The van der Waals surface area contributed by atoms with Crippen LogP contribution in [0.3, 0.4) is 0 Å². The zero-order valence-corrected chi connectivity index (χ0v) is 20.7. The van der Waals surface area contributed by atoms with Crippen LogP contribution < -0.4 is 4.74 Å². The van der Waals surface area contributed by atoms with E-state index in [4.69, 9.17) is 21.1 Å². The van der Waals surface area contributed by atoms with E-state index in [0.717, 1.165) is 38.4 Å². The van der Waals surface area contributed by atoms with Gasteiger partial charge in [0.2, 0.25) is 0 Å². The molecule has 0 fully saturated rings. The van der Waals surface area contributed by atoms with E-state index in [1.54, 1.807) is 13.0 Å². The zero-order valence-electron chi connectivity index (χ0n) is 18.3. The topological polar surface area (TPSA) is 40.5 Å². The fraction of sp³-hybridized carbons (Fsp3) is 0.148. The highest BCUT2D eigenvalue weighted by Gasteiger charge is 2.16. The number of esters is 1. The zero-order chi connectivity index (χ0) is 23.4. The van der Waals surface area contributed by atoms with E-state index in [9.17, 15) is 4.79 Å². The first-order valence-electron chi connectivity index (χ1n) is 10.6.